The maximum absolute atomic E-state index is 6.27. The van der Waals surface area contributed by atoms with Crippen LogP contribution < -0.4 is 9.64 Å². The molecule has 1 aliphatic carbocycles. The molecule has 0 saturated carbocycles. The number of hydrogen-bond acceptors (Lipinski definition) is 2. The molecular weight excluding hydrogens is 514 g/mol. The minimum Gasteiger partial charge on any atom is -0.453 e. The number of ether oxygens (including phenoxy) is 1. The number of rotatable bonds is 1. The Morgan fingerprint density at radius 1 is 0.677 bits per heavy atom. The topological polar surface area (TPSA) is 12.5 Å². The van der Waals surface area contributed by atoms with Crippen LogP contribution in [-0.2, 0) is 5.41 Å². The predicted octanol–water partition coefficient (Wildman–Crippen LogP) is 9.09. The van der Waals surface area contributed by atoms with Crippen LogP contribution in [0.1, 0.15) is 25.0 Å². The summed E-state index contributed by atoms with van der Waals surface area (Å²) in [5.74, 6) is 1.67. The summed E-state index contributed by atoms with van der Waals surface area (Å²) in [5.41, 5.74) is 8.56. The van der Waals surface area contributed by atoms with Crippen LogP contribution >= 0.6 is 31.9 Å². The van der Waals surface area contributed by atoms with Gasteiger partial charge in [0.2, 0.25) is 0 Å². The molecule has 0 atom stereocenters. The molecule has 0 aromatic heterocycles. The summed E-state index contributed by atoms with van der Waals surface area (Å²) in [4.78, 5) is 2.30. The van der Waals surface area contributed by atoms with Crippen molar-refractivity contribution in [2.45, 2.75) is 19.3 Å². The van der Waals surface area contributed by atoms with Gasteiger partial charge in [0.05, 0.1) is 11.4 Å². The van der Waals surface area contributed by atoms with Crippen LogP contribution in [0, 0.1) is 0 Å². The van der Waals surface area contributed by atoms with Crippen LogP contribution in [0.15, 0.2) is 87.8 Å². The Morgan fingerprint density at radius 3 is 1.97 bits per heavy atom. The molecule has 0 bridgehead atoms. The Hall–Kier alpha value is -2.56. The number of benzene rings is 4. The second kappa shape index (κ2) is 6.72. The van der Waals surface area contributed by atoms with Crippen molar-refractivity contribution in [1.82, 2.24) is 0 Å². The standard InChI is InChI=1S/C27H19Br2NO/c1-27(2)21-6-4-3-5-19(21)20-10-9-18(15-22(20)27)30-23-11-7-16(28)13-25(23)31-26-14-17(29)8-12-24(26)30/h3-15H,1-2H3. The summed E-state index contributed by atoms with van der Waals surface area (Å²) < 4.78 is 8.26. The van der Waals surface area contributed by atoms with E-state index < -0.39 is 0 Å². The second-order valence-corrected chi connectivity index (χ2v) is 10.4. The van der Waals surface area contributed by atoms with E-state index in [9.17, 15) is 0 Å². The summed E-state index contributed by atoms with van der Waals surface area (Å²) in [6.07, 6.45) is 0. The number of halogens is 2. The fourth-order valence-corrected chi connectivity index (χ4v) is 5.55. The molecule has 0 saturated heterocycles. The average molecular weight is 533 g/mol. The van der Waals surface area contributed by atoms with Crippen molar-refractivity contribution in [2.24, 2.45) is 0 Å². The van der Waals surface area contributed by atoms with Crippen molar-refractivity contribution in [1.29, 1.82) is 0 Å². The Kier molecular flexibility index (Phi) is 4.15. The third kappa shape index (κ3) is 2.81. The number of hydrogen-bond donors (Lipinski definition) is 0. The Balaban J connectivity index is 1.58. The summed E-state index contributed by atoms with van der Waals surface area (Å²) in [6.45, 7) is 4.63. The molecule has 0 radical (unpaired) electrons. The van der Waals surface area contributed by atoms with Crippen molar-refractivity contribution in [3.8, 4) is 22.6 Å². The van der Waals surface area contributed by atoms with Gasteiger partial charge in [0.1, 0.15) is 0 Å². The lowest BCUT2D eigenvalue weighted by Crippen LogP contribution is -2.18. The fourth-order valence-electron chi connectivity index (χ4n) is 4.87. The Morgan fingerprint density at radius 2 is 1.29 bits per heavy atom. The fraction of sp³-hybridized carbons (Fsp3) is 0.111. The summed E-state index contributed by atoms with van der Waals surface area (Å²) in [7, 11) is 0. The third-order valence-electron chi connectivity index (χ3n) is 6.37. The quantitative estimate of drug-likeness (QED) is 0.213. The van der Waals surface area contributed by atoms with Gasteiger partial charge in [-0.3, -0.25) is 0 Å². The van der Waals surface area contributed by atoms with E-state index in [4.69, 9.17) is 4.74 Å². The lowest BCUT2D eigenvalue weighted by atomic mass is 9.82. The van der Waals surface area contributed by atoms with Crippen molar-refractivity contribution in [2.75, 3.05) is 4.90 Å². The highest BCUT2D eigenvalue weighted by Crippen LogP contribution is 2.54. The Bertz CT molecular complexity index is 1320. The van der Waals surface area contributed by atoms with Crippen LogP contribution in [0.3, 0.4) is 0 Å². The molecule has 1 heterocycles. The molecule has 2 aliphatic rings. The zero-order valence-corrected chi connectivity index (χ0v) is 20.3. The lowest BCUT2D eigenvalue weighted by Gasteiger charge is -2.34. The van der Waals surface area contributed by atoms with E-state index in [2.05, 4.69) is 117 Å². The SMILES string of the molecule is CC1(C)c2ccccc2-c2ccc(N3c4ccc(Br)cc4Oc4cc(Br)ccc43)cc21. The van der Waals surface area contributed by atoms with Crippen LogP contribution in [0.25, 0.3) is 11.1 Å². The van der Waals surface area contributed by atoms with Gasteiger partial charge >= 0.3 is 0 Å². The largest absolute Gasteiger partial charge is 0.453 e. The smallest absolute Gasteiger partial charge is 0.152 e. The maximum Gasteiger partial charge on any atom is 0.152 e. The molecule has 0 spiro atoms. The van der Waals surface area contributed by atoms with E-state index in [0.29, 0.717) is 0 Å². The minimum atomic E-state index is -0.0423. The van der Waals surface area contributed by atoms with E-state index in [1.54, 1.807) is 0 Å². The minimum absolute atomic E-state index is 0.0423. The third-order valence-corrected chi connectivity index (χ3v) is 7.36. The molecule has 31 heavy (non-hydrogen) atoms. The first-order valence-electron chi connectivity index (χ1n) is 10.2. The lowest BCUT2D eigenvalue weighted by molar-refractivity contribution is 0.476. The predicted molar refractivity (Wildman–Crippen MR) is 134 cm³/mol. The number of anilines is 3. The molecule has 0 fully saturated rings. The van der Waals surface area contributed by atoms with Gasteiger partial charge < -0.3 is 9.64 Å². The first kappa shape index (κ1) is 19.1. The molecule has 0 N–H and O–H groups in total. The highest BCUT2D eigenvalue weighted by Gasteiger charge is 2.36. The molecule has 4 aromatic rings. The molecule has 6 rings (SSSR count). The molecule has 2 nitrogen and oxygen atoms in total. The highest BCUT2D eigenvalue weighted by atomic mass is 79.9. The van der Waals surface area contributed by atoms with Crippen LogP contribution in [0.2, 0.25) is 0 Å². The number of nitrogens with zero attached hydrogens (tertiary/aromatic N) is 1. The van der Waals surface area contributed by atoms with Crippen molar-refractivity contribution in [3.63, 3.8) is 0 Å². The maximum atomic E-state index is 6.27. The Labute approximate surface area is 198 Å². The molecular formula is C27H19Br2NO. The highest BCUT2D eigenvalue weighted by molar-refractivity contribution is 9.10. The van der Waals surface area contributed by atoms with Crippen molar-refractivity contribution in [3.05, 3.63) is 98.9 Å². The molecule has 4 heteroatoms. The summed E-state index contributed by atoms with van der Waals surface area (Å²) >= 11 is 7.17. The van der Waals surface area contributed by atoms with Gasteiger partial charge in [0.15, 0.2) is 11.5 Å². The van der Waals surface area contributed by atoms with Crippen LogP contribution in [0.5, 0.6) is 11.5 Å². The first-order valence-corrected chi connectivity index (χ1v) is 11.8. The normalized spacial score (nSPS) is 14.9. The van der Waals surface area contributed by atoms with Gasteiger partial charge in [0.25, 0.3) is 0 Å². The summed E-state index contributed by atoms with van der Waals surface area (Å²) in [5, 5.41) is 0. The monoisotopic (exact) mass is 531 g/mol. The van der Waals surface area contributed by atoms with Crippen molar-refractivity contribution >= 4 is 48.9 Å². The van der Waals surface area contributed by atoms with Gasteiger partial charge in [-0.05, 0) is 70.8 Å². The van der Waals surface area contributed by atoms with E-state index in [1.165, 1.54) is 22.3 Å². The van der Waals surface area contributed by atoms with Crippen LogP contribution in [0.4, 0.5) is 17.1 Å². The average Bonchev–Trinajstić information content (AvgIpc) is 2.99. The van der Waals surface area contributed by atoms with E-state index in [1.807, 2.05) is 12.1 Å². The first-order chi connectivity index (χ1) is 14.9. The van der Waals surface area contributed by atoms with Gasteiger partial charge in [-0.2, -0.15) is 0 Å². The summed E-state index contributed by atoms with van der Waals surface area (Å²) in [6, 6.07) is 28.0. The molecule has 0 amide bonds. The number of fused-ring (bicyclic) bond motifs is 5. The molecule has 0 unspecified atom stereocenters. The van der Waals surface area contributed by atoms with Gasteiger partial charge in [-0.15, -0.1) is 0 Å². The molecule has 4 aromatic carbocycles. The van der Waals surface area contributed by atoms with E-state index >= 15 is 0 Å². The zero-order valence-electron chi connectivity index (χ0n) is 17.1. The van der Waals surface area contributed by atoms with E-state index in [0.717, 1.165) is 37.5 Å². The van der Waals surface area contributed by atoms with Crippen LogP contribution in [-0.4, -0.2) is 0 Å². The second-order valence-electron chi connectivity index (χ2n) is 8.56. The van der Waals surface area contributed by atoms with Crippen molar-refractivity contribution < 1.29 is 4.74 Å². The van der Waals surface area contributed by atoms with E-state index in [-0.39, 0.29) is 5.41 Å². The molecule has 152 valence electrons. The van der Waals surface area contributed by atoms with Gasteiger partial charge in [-0.1, -0.05) is 76.0 Å². The zero-order chi connectivity index (χ0) is 21.3. The van der Waals surface area contributed by atoms with Gasteiger partial charge in [-0.25, -0.2) is 0 Å². The van der Waals surface area contributed by atoms with Gasteiger partial charge in [0, 0.05) is 20.0 Å². The molecule has 1 aliphatic heterocycles.